The summed E-state index contributed by atoms with van der Waals surface area (Å²) >= 11 is 0. The Labute approximate surface area is 164 Å². The van der Waals surface area contributed by atoms with Crippen LogP contribution in [-0.4, -0.2) is 31.1 Å². The summed E-state index contributed by atoms with van der Waals surface area (Å²) in [7, 11) is 0. The summed E-state index contributed by atoms with van der Waals surface area (Å²) in [5, 5.41) is 5.40. The average Bonchev–Trinajstić information content (AvgIpc) is 2.68. The van der Waals surface area contributed by atoms with Gasteiger partial charge in [0.25, 0.3) is 0 Å². The van der Waals surface area contributed by atoms with E-state index in [0.717, 1.165) is 25.2 Å². The number of hydrogen-bond donors (Lipinski definition) is 0. The highest BCUT2D eigenvalue weighted by atomic mass is 35.5. The van der Waals surface area contributed by atoms with Gasteiger partial charge in [0, 0.05) is 23.6 Å². The van der Waals surface area contributed by atoms with E-state index in [1.807, 2.05) is 30.3 Å². The smallest absolute Gasteiger partial charge is 0.137 e. The van der Waals surface area contributed by atoms with E-state index in [9.17, 15) is 4.39 Å². The quantitative estimate of drug-likeness (QED) is 0.428. The van der Waals surface area contributed by atoms with Crippen LogP contribution in [0.3, 0.4) is 0 Å². The maximum Gasteiger partial charge on any atom is 0.137 e. The van der Waals surface area contributed by atoms with Crippen LogP contribution in [0, 0.1) is 5.82 Å². The van der Waals surface area contributed by atoms with Gasteiger partial charge in [0.05, 0.1) is 0 Å². The van der Waals surface area contributed by atoms with Crippen LogP contribution in [0.15, 0.2) is 64.2 Å². The van der Waals surface area contributed by atoms with Crippen molar-refractivity contribution >= 4 is 23.4 Å². The zero-order valence-corrected chi connectivity index (χ0v) is 16.3. The molecule has 0 atom stereocenters. The van der Waals surface area contributed by atoms with Crippen LogP contribution in [0.4, 0.5) is 4.39 Å². The molecule has 144 valence electrons. The lowest BCUT2D eigenvalue weighted by Crippen LogP contribution is -2.26. The molecule has 3 rings (SSSR count). The summed E-state index contributed by atoms with van der Waals surface area (Å²) in [6.45, 7) is 7.44. The zero-order chi connectivity index (χ0) is 18.4. The van der Waals surface area contributed by atoms with Gasteiger partial charge in [-0.05, 0) is 31.3 Å². The molecule has 0 aliphatic rings. The van der Waals surface area contributed by atoms with Gasteiger partial charge in [0.2, 0.25) is 0 Å². The average molecular weight is 391 g/mol. The summed E-state index contributed by atoms with van der Waals surface area (Å²) in [6, 6.07) is 15.9. The van der Waals surface area contributed by atoms with Crippen molar-refractivity contribution in [3.63, 3.8) is 0 Å². The molecular formula is C21H24ClFN2O2. The second kappa shape index (κ2) is 10.1. The van der Waals surface area contributed by atoms with Crippen molar-refractivity contribution in [3.05, 3.63) is 65.8 Å². The van der Waals surface area contributed by atoms with Gasteiger partial charge in [-0.1, -0.05) is 49.3 Å². The predicted octanol–water partition coefficient (Wildman–Crippen LogP) is 4.83. The van der Waals surface area contributed by atoms with E-state index in [1.54, 1.807) is 12.1 Å². The molecule has 0 bridgehead atoms. The molecule has 0 amide bonds. The van der Waals surface area contributed by atoms with E-state index in [0.29, 0.717) is 28.7 Å². The van der Waals surface area contributed by atoms with Gasteiger partial charge in [-0.3, -0.25) is 0 Å². The molecule has 0 aliphatic heterocycles. The molecule has 4 nitrogen and oxygen atoms in total. The largest absolute Gasteiger partial charge is 0.456 e. The molecule has 0 N–H and O–H groups in total. The van der Waals surface area contributed by atoms with E-state index >= 15 is 0 Å². The molecule has 0 fully saturated rings. The van der Waals surface area contributed by atoms with Crippen molar-refractivity contribution in [3.8, 4) is 11.3 Å². The predicted molar refractivity (Wildman–Crippen MR) is 108 cm³/mol. The van der Waals surface area contributed by atoms with Gasteiger partial charge in [0.15, 0.2) is 0 Å². The van der Waals surface area contributed by atoms with Crippen molar-refractivity contribution in [1.82, 2.24) is 4.90 Å². The fourth-order valence-electron chi connectivity index (χ4n) is 2.79. The van der Waals surface area contributed by atoms with Gasteiger partial charge in [0.1, 0.15) is 29.1 Å². The molecule has 0 aliphatic carbocycles. The maximum absolute atomic E-state index is 13.7. The first-order valence-electron chi connectivity index (χ1n) is 8.88. The van der Waals surface area contributed by atoms with Gasteiger partial charge >= 0.3 is 0 Å². The molecule has 3 aromatic rings. The number of benzene rings is 2. The summed E-state index contributed by atoms with van der Waals surface area (Å²) in [5.41, 5.74) is 1.50. The Balaban J connectivity index is 0.00000261. The van der Waals surface area contributed by atoms with Crippen LogP contribution in [0.2, 0.25) is 0 Å². The van der Waals surface area contributed by atoms with E-state index in [4.69, 9.17) is 9.25 Å². The molecule has 0 radical (unpaired) electrons. The molecule has 0 spiro atoms. The second-order valence-corrected chi connectivity index (χ2v) is 5.95. The molecule has 0 saturated heterocycles. The third kappa shape index (κ3) is 5.31. The minimum Gasteiger partial charge on any atom is -0.456 e. The Kier molecular flexibility index (Phi) is 7.82. The molecule has 6 heteroatoms. The third-order valence-corrected chi connectivity index (χ3v) is 4.32. The molecule has 0 saturated carbocycles. The first-order chi connectivity index (χ1) is 12.7. The Morgan fingerprint density at radius 2 is 1.78 bits per heavy atom. The highest BCUT2D eigenvalue weighted by Gasteiger charge is 2.07. The summed E-state index contributed by atoms with van der Waals surface area (Å²) in [5.74, 6) is 0.329. The number of hydrogen-bond acceptors (Lipinski definition) is 4. The minimum atomic E-state index is -0.334. The lowest BCUT2D eigenvalue weighted by Gasteiger charge is -2.16. The normalized spacial score (nSPS) is 11.6. The summed E-state index contributed by atoms with van der Waals surface area (Å²) in [4.78, 5) is 7.76. The van der Waals surface area contributed by atoms with E-state index in [-0.39, 0.29) is 18.2 Å². The molecule has 27 heavy (non-hydrogen) atoms. The van der Waals surface area contributed by atoms with Gasteiger partial charge in [-0.15, -0.1) is 12.4 Å². The van der Waals surface area contributed by atoms with Crippen LogP contribution in [0.1, 0.15) is 13.8 Å². The molecule has 1 aromatic heterocycles. The number of rotatable bonds is 7. The Morgan fingerprint density at radius 3 is 2.48 bits per heavy atom. The monoisotopic (exact) mass is 390 g/mol. The zero-order valence-electron chi connectivity index (χ0n) is 15.5. The van der Waals surface area contributed by atoms with Crippen molar-refractivity contribution in [2.45, 2.75) is 13.8 Å². The molecule has 2 aromatic carbocycles. The van der Waals surface area contributed by atoms with Crippen LogP contribution in [0.5, 0.6) is 0 Å². The molecular weight excluding hydrogens is 367 g/mol. The first-order valence-corrected chi connectivity index (χ1v) is 8.88. The Morgan fingerprint density at radius 1 is 1.04 bits per heavy atom. The van der Waals surface area contributed by atoms with E-state index < -0.39 is 0 Å². The van der Waals surface area contributed by atoms with Crippen molar-refractivity contribution in [2.24, 2.45) is 5.16 Å². The number of fused-ring (bicyclic) bond motifs is 1. The minimum absolute atomic E-state index is 0. The number of halogens is 2. The standard InChI is InChI=1S/C21H23FN2O2.ClH/c1-3-24(4-2)12-13-25-23-19-15-21(16-8-6-5-7-9-16)26-20-11-10-17(22)14-18(19)20;/h5-11,14-15H,3-4,12-13H2,1-2H3;1H/b23-19-;. The van der Waals surface area contributed by atoms with Gasteiger partial charge < -0.3 is 14.2 Å². The molecule has 0 unspecified atom stereocenters. The fraction of sp³-hybridized carbons (Fsp3) is 0.286. The summed E-state index contributed by atoms with van der Waals surface area (Å²) in [6.07, 6.45) is 0. The topological polar surface area (TPSA) is 38.0 Å². The highest BCUT2D eigenvalue weighted by molar-refractivity contribution is 5.85. The van der Waals surface area contributed by atoms with Crippen LogP contribution >= 0.6 is 12.4 Å². The highest BCUT2D eigenvalue weighted by Crippen LogP contribution is 2.22. The van der Waals surface area contributed by atoms with Crippen LogP contribution in [-0.2, 0) is 4.84 Å². The SMILES string of the molecule is CCN(CC)CCO/N=c1/cc(-c2ccccc2)oc2ccc(F)cc12.Cl. The maximum atomic E-state index is 13.7. The Bertz CT molecular complexity index is 924. The van der Waals surface area contributed by atoms with Gasteiger partial charge in [-0.25, -0.2) is 4.39 Å². The fourth-order valence-corrected chi connectivity index (χ4v) is 2.79. The number of nitrogens with zero attached hydrogens (tertiary/aromatic N) is 2. The van der Waals surface area contributed by atoms with E-state index in [2.05, 4.69) is 23.9 Å². The Hall–Kier alpha value is -2.37. The second-order valence-electron chi connectivity index (χ2n) is 5.95. The molecule has 1 heterocycles. The third-order valence-electron chi connectivity index (χ3n) is 4.32. The summed E-state index contributed by atoms with van der Waals surface area (Å²) < 4.78 is 19.6. The lowest BCUT2D eigenvalue weighted by molar-refractivity contribution is 0.106. The van der Waals surface area contributed by atoms with Gasteiger partial charge in [-0.2, -0.15) is 0 Å². The van der Waals surface area contributed by atoms with Crippen molar-refractivity contribution in [2.75, 3.05) is 26.2 Å². The van der Waals surface area contributed by atoms with Crippen molar-refractivity contribution in [1.29, 1.82) is 0 Å². The van der Waals surface area contributed by atoms with Crippen LogP contribution in [0.25, 0.3) is 22.3 Å². The van der Waals surface area contributed by atoms with Crippen molar-refractivity contribution < 1.29 is 13.6 Å². The van der Waals surface area contributed by atoms with Crippen LogP contribution < -0.4 is 5.36 Å². The van der Waals surface area contributed by atoms with E-state index in [1.165, 1.54) is 12.1 Å². The lowest BCUT2D eigenvalue weighted by atomic mass is 10.1. The first kappa shape index (κ1) is 20.9. The number of likely N-dealkylation sites (N-methyl/N-ethyl adjacent to an activating group) is 1.